The Kier molecular flexibility index (Phi) is 8.37. The highest BCUT2D eigenvalue weighted by Gasteiger charge is 2.16. The van der Waals surface area contributed by atoms with E-state index in [9.17, 15) is 14.4 Å². The van der Waals surface area contributed by atoms with Crippen molar-refractivity contribution < 1.29 is 28.6 Å². The van der Waals surface area contributed by atoms with Gasteiger partial charge in [-0.05, 0) is 45.9 Å². The van der Waals surface area contributed by atoms with Gasteiger partial charge in [-0.1, -0.05) is 0 Å². The number of hydrogen-bond acceptors (Lipinski definition) is 6. The number of carbonyl (C=O) groups excluding carboxylic acids is 3. The molecule has 0 radical (unpaired) electrons. The number of hydrogen-bond donors (Lipinski definition) is 3. The predicted octanol–water partition coefficient (Wildman–Crippen LogP) is 1.77. The van der Waals surface area contributed by atoms with Crippen LogP contribution in [0.15, 0.2) is 18.2 Å². The fraction of sp³-hybridized carbons (Fsp3) is 0.500. The lowest BCUT2D eigenvalue weighted by Gasteiger charge is -2.19. The number of ether oxygens (including phenoxy) is 3. The summed E-state index contributed by atoms with van der Waals surface area (Å²) in [5, 5.41) is 2.46. The quantitative estimate of drug-likeness (QED) is 0.620. The zero-order valence-corrected chi connectivity index (χ0v) is 16.3. The molecule has 0 atom stereocenters. The number of benzene rings is 1. The van der Waals surface area contributed by atoms with Crippen LogP contribution in [0, 0.1) is 0 Å². The minimum absolute atomic E-state index is 0.0217. The summed E-state index contributed by atoms with van der Waals surface area (Å²) >= 11 is 0. The molecule has 27 heavy (non-hydrogen) atoms. The Morgan fingerprint density at radius 2 is 1.78 bits per heavy atom. The second-order valence-electron chi connectivity index (χ2n) is 6.48. The first-order chi connectivity index (χ1) is 12.7. The normalized spacial score (nSPS) is 10.6. The first-order valence-corrected chi connectivity index (χ1v) is 8.53. The van der Waals surface area contributed by atoms with E-state index in [1.807, 2.05) is 6.92 Å². The largest absolute Gasteiger partial charge is 0.493 e. The molecule has 0 spiro atoms. The summed E-state index contributed by atoms with van der Waals surface area (Å²) in [6.07, 6.45) is -0.632. The summed E-state index contributed by atoms with van der Waals surface area (Å²) in [7, 11) is 1.47. The lowest BCUT2D eigenvalue weighted by Crippen LogP contribution is -2.43. The smallest absolute Gasteiger partial charge is 0.407 e. The maximum absolute atomic E-state index is 12.1. The Morgan fingerprint density at radius 1 is 1.07 bits per heavy atom. The molecule has 0 aliphatic rings. The molecule has 9 nitrogen and oxygen atoms in total. The van der Waals surface area contributed by atoms with E-state index < -0.39 is 23.5 Å². The van der Waals surface area contributed by atoms with E-state index >= 15 is 0 Å². The summed E-state index contributed by atoms with van der Waals surface area (Å²) in [4.78, 5) is 35.3. The lowest BCUT2D eigenvalue weighted by atomic mass is 10.2. The van der Waals surface area contributed by atoms with Gasteiger partial charge in [-0.3, -0.25) is 20.4 Å². The molecule has 0 heterocycles. The highest BCUT2D eigenvalue weighted by atomic mass is 16.6. The zero-order chi connectivity index (χ0) is 20.4. The minimum Gasteiger partial charge on any atom is -0.493 e. The molecule has 150 valence electrons. The highest BCUT2D eigenvalue weighted by Crippen LogP contribution is 2.27. The fourth-order valence-corrected chi connectivity index (χ4v) is 1.94. The molecule has 1 aromatic rings. The number of hydrazine groups is 1. The lowest BCUT2D eigenvalue weighted by molar-refractivity contribution is -0.121. The number of amides is 3. The molecule has 0 fully saturated rings. The Balaban J connectivity index is 2.43. The van der Waals surface area contributed by atoms with E-state index in [4.69, 9.17) is 14.2 Å². The first kappa shape index (κ1) is 22.1. The van der Waals surface area contributed by atoms with Gasteiger partial charge in [-0.2, -0.15) is 0 Å². The average Bonchev–Trinajstić information content (AvgIpc) is 2.58. The van der Waals surface area contributed by atoms with Crippen LogP contribution in [0.3, 0.4) is 0 Å². The van der Waals surface area contributed by atoms with Gasteiger partial charge in [0.25, 0.3) is 5.91 Å². The van der Waals surface area contributed by atoms with Gasteiger partial charge in [0.1, 0.15) is 5.60 Å². The Hall–Kier alpha value is -2.97. The van der Waals surface area contributed by atoms with Crippen LogP contribution in [0.1, 0.15) is 44.5 Å². The molecule has 0 aliphatic carbocycles. The van der Waals surface area contributed by atoms with Gasteiger partial charge < -0.3 is 19.5 Å². The topological polar surface area (TPSA) is 115 Å². The van der Waals surface area contributed by atoms with Crippen LogP contribution in [-0.4, -0.2) is 43.8 Å². The van der Waals surface area contributed by atoms with Crippen LogP contribution < -0.4 is 25.6 Å². The monoisotopic (exact) mass is 381 g/mol. The van der Waals surface area contributed by atoms with Gasteiger partial charge in [0.05, 0.1) is 13.7 Å². The second-order valence-corrected chi connectivity index (χ2v) is 6.48. The van der Waals surface area contributed by atoms with Crippen molar-refractivity contribution in [3.63, 3.8) is 0 Å². The van der Waals surface area contributed by atoms with Crippen LogP contribution in [0.5, 0.6) is 11.5 Å². The number of nitrogens with one attached hydrogen (secondary N) is 3. The maximum atomic E-state index is 12.1. The Bertz CT molecular complexity index is 670. The van der Waals surface area contributed by atoms with Gasteiger partial charge in [-0.25, -0.2) is 4.79 Å². The van der Waals surface area contributed by atoms with Gasteiger partial charge in [0.15, 0.2) is 11.5 Å². The molecule has 0 aromatic heterocycles. The molecule has 9 heteroatoms. The Labute approximate surface area is 158 Å². The number of carbonyl (C=O) groups is 3. The van der Waals surface area contributed by atoms with Crippen molar-refractivity contribution in [2.24, 2.45) is 0 Å². The summed E-state index contributed by atoms with van der Waals surface area (Å²) in [6, 6.07) is 4.68. The number of rotatable bonds is 7. The van der Waals surface area contributed by atoms with Crippen molar-refractivity contribution in [3.05, 3.63) is 23.8 Å². The van der Waals surface area contributed by atoms with Crippen LogP contribution in [0.4, 0.5) is 4.79 Å². The van der Waals surface area contributed by atoms with E-state index in [2.05, 4.69) is 16.2 Å². The molecular formula is C18H27N3O6. The first-order valence-electron chi connectivity index (χ1n) is 8.53. The molecule has 0 bridgehead atoms. The molecule has 0 aliphatic heterocycles. The van der Waals surface area contributed by atoms with E-state index in [0.717, 1.165) is 0 Å². The Morgan fingerprint density at radius 3 is 2.37 bits per heavy atom. The molecule has 3 amide bonds. The third kappa shape index (κ3) is 8.30. The molecule has 3 N–H and O–H groups in total. The van der Waals surface area contributed by atoms with E-state index in [1.165, 1.54) is 13.2 Å². The second kappa shape index (κ2) is 10.2. The zero-order valence-electron chi connectivity index (χ0n) is 16.3. The van der Waals surface area contributed by atoms with Crippen molar-refractivity contribution in [2.75, 3.05) is 20.3 Å². The number of alkyl carbamates (subject to hydrolysis) is 1. The molecule has 0 unspecified atom stereocenters. The van der Waals surface area contributed by atoms with Crippen LogP contribution in [0.2, 0.25) is 0 Å². The van der Waals surface area contributed by atoms with E-state index in [1.54, 1.807) is 32.9 Å². The van der Waals surface area contributed by atoms with Crippen LogP contribution in [-0.2, 0) is 9.53 Å². The van der Waals surface area contributed by atoms with Crippen molar-refractivity contribution in [1.82, 2.24) is 16.2 Å². The number of methoxy groups -OCH3 is 1. The van der Waals surface area contributed by atoms with E-state index in [-0.39, 0.29) is 13.0 Å². The standard InChI is InChI=1S/C18H27N3O6/c1-6-26-13-8-7-12(11-14(13)25-5)16(23)21-20-15(22)9-10-19-17(24)27-18(2,3)4/h7-8,11H,6,9-10H2,1-5H3,(H,19,24)(H,20,22)(H,21,23). The fourth-order valence-electron chi connectivity index (χ4n) is 1.94. The third-order valence-electron chi connectivity index (χ3n) is 3.06. The molecule has 0 saturated carbocycles. The van der Waals surface area contributed by atoms with Gasteiger partial charge in [0.2, 0.25) is 5.91 Å². The van der Waals surface area contributed by atoms with Gasteiger partial charge in [0, 0.05) is 18.5 Å². The molecule has 1 aromatic carbocycles. The van der Waals surface area contributed by atoms with Gasteiger partial charge >= 0.3 is 6.09 Å². The average molecular weight is 381 g/mol. The van der Waals surface area contributed by atoms with Crippen molar-refractivity contribution in [3.8, 4) is 11.5 Å². The summed E-state index contributed by atoms with van der Waals surface area (Å²) in [6.45, 7) is 7.61. The minimum atomic E-state index is -0.612. The van der Waals surface area contributed by atoms with Gasteiger partial charge in [-0.15, -0.1) is 0 Å². The van der Waals surface area contributed by atoms with E-state index in [0.29, 0.717) is 23.7 Å². The molecular weight excluding hydrogens is 354 g/mol. The van der Waals surface area contributed by atoms with Crippen LogP contribution >= 0.6 is 0 Å². The third-order valence-corrected chi connectivity index (χ3v) is 3.06. The maximum Gasteiger partial charge on any atom is 0.407 e. The summed E-state index contributed by atoms with van der Waals surface area (Å²) in [5.74, 6) is -0.0340. The summed E-state index contributed by atoms with van der Waals surface area (Å²) < 4.78 is 15.6. The molecule has 0 saturated heterocycles. The highest BCUT2D eigenvalue weighted by molar-refractivity contribution is 5.96. The van der Waals surface area contributed by atoms with Crippen molar-refractivity contribution in [1.29, 1.82) is 0 Å². The van der Waals surface area contributed by atoms with Crippen LogP contribution in [0.25, 0.3) is 0 Å². The summed E-state index contributed by atoms with van der Waals surface area (Å²) in [5.41, 5.74) is 4.26. The molecule has 1 rings (SSSR count). The van der Waals surface area contributed by atoms with Crippen molar-refractivity contribution in [2.45, 2.75) is 39.7 Å². The SMILES string of the molecule is CCOc1ccc(C(=O)NNC(=O)CCNC(=O)OC(C)(C)C)cc1OC. The van der Waals surface area contributed by atoms with Crippen molar-refractivity contribution >= 4 is 17.9 Å². The predicted molar refractivity (Wildman–Crippen MR) is 98.6 cm³/mol.